The third kappa shape index (κ3) is 3.58. The van der Waals surface area contributed by atoms with Gasteiger partial charge in [-0.05, 0) is 11.1 Å². The summed E-state index contributed by atoms with van der Waals surface area (Å²) in [5, 5.41) is 12.8. The van der Waals surface area contributed by atoms with Gasteiger partial charge in [0.25, 0.3) is 5.91 Å². The van der Waals surface area contributed by atoms with E-state index < -0.39 is 0 Å². The Morgan fingerprint density at radius 3 is 2.26 bits per heavy atom. The summed E-state index contributed by atoms with van der Waals surface area (Å²) in [4.78, 5) is 16.4. The largest absolute Gasteiger partial charge is 0.493 e. The van der Waals surface area contributed by atoms with Gasteiger partial charge in [0.2, 0.25) is 11.7 Å². The molecule has 1 aromatic heterocycles. The van der Waals surface area contributed by atoms with Crippen molar-refractivity contribution in [2.75, 3.05) is 0 Å². The second-order valence-corrected chi connectivity index (χ2v) is 5.18. The molecule has 0 saturated heterocycles. The molecule has 0 aliphatic heterocycles. The highest BCUT2D eigenvalue weighted by Crippen LogP contribution is 2.15. The quantitative estimate of drug-likeness (QED) is 0.761. The third-order valence-corrected chi connectivity index (χ3v) is 3.52. The summed E-state index contributed by atoms with van der Waals surface area (Å²) < 4.78 is 1.50. The topological polar surface area (TPSA) is 67.2 Å². The maximum absolute atomic E-state index is 12.3. The number of amides is 1. The van der Waals surface area contributed by atoms with Crippen LogP contribution in [0.25, 0.3) is 0 Å². The van der Waals surface area contributed by atoms with Gasteiger partial charge in [0, 0.05) is 6.54 Å². The zero-order valence-electron chi connectivity index (χ0n) is 12.5. The molecule has 0 unspecified atom stereocenters. The molecule has 3 rings (SSSR count). The molecule has 0 fully saturated rings. The van der Waals surface area contributed by atoms with Crippen molar-refractivity contribution in [3.05, 3.63) is 83.8 Å². The SMILES string of the molecule is O=C(NCc1ccccc1)c1ncc(O)n1Cc1ccccc1. The van der Waals surface area contributed by atoms with Gasteiger partial charge in [-0.15, -0.1) is 0 Å². The van der Waals surface area contributed by atoms with Crippen molar-refractivity contribution in [3.63, 3.8) is 0 Å². The van der Waals surface area contributed by atoms with Gasteiger partial charge in [-0.1, -0.05) is 60.7 Å². The molecule has 3 aromatic rings. The molecule has 0 aliphatic carbocycles. The number of aromatic nitrogens is 2. The van der Waals surface area contributed by atoms with Gasteiger partial charge in [0.15, 0.2) is 0 Å². The molecule has 5 nitrogen and oxygen atoms in total. The van der Waals surface area contributed by atoms with Crippen LogP contribution in [0.1, 0.15) is 21.7 Å². The lowest BCUT2D eigenvalue weighted by Gasteiger charge is -2.09. The molecular weight excluding hydrogens is 290 g/mol. The predicted octanol–water partition coefficient (Wildman–Crippen LogP) is 2.57. The number of nitrogens with one attached hydrogen (secondary N) is 1. The Labute approximate surface area is 134 Å². The van der Waals surface area contributed by atoms with Crippen molar-refractivity contribution >= 4 is 5.91 Å². The lowest BCUT2D eigenvalue weighted by molar-refractivity contribution is 0.0935. The monoisotopic (exact) mass is 307 g/mol. The fraction of sp³-hybridized carbons (Fsp3) is 0.111. The van der Waals surface area contributed by atoms with Crippen molar-refractivity contribution in [1.29, 1.82) is 0 Å². The van der Waals surface area contributed by atoms with E-state index in [-0.39, 0.29) is 17.6 Å². The standard InChI is InChI=1S/C18H17N3O2/c22-16-12-19-17(21(16)13-15-9-5-2-6-10-15)18(23)20-11-14-7-3-1-4-8-14/h1-10,12,22H,11,13H2,(H,20,23). The number of hydrogen-bond acceptors (Lipinski definition) is 3. The van der Waals surface area contributed by atoms with Crippen LogP contribution in [0.15, 0.2) is 66.9 Å². The number of hydrogen-bond donors (Lipinski definition) is 2. The van der Waals surface area contributed by atoms with Gasteiger partial charge in [0.1, 0.15) is 0 Å². The normalized spacial score (nSPS) is 10.4. The van der Waals surface area contributed by atoms with Gasteiger partial charge in [-0.2, -0.15) is 0 Å². The summed E-state index contributed by atoms with van der Waals surface area (Å²) >= 11 is 0. The highest BCUT2D eigenvalue weighted by molar-refractivity contribution is 5.91. The predicted molar refractivity (Wildman–Crippen MR) is 87.0 cm³/mol. The van der Waals surface area contributed by atoms with Crippen LogP contribution in [-0.4, -0.2) is 20.6 Å². The van der Waals surface area contributed by atoms with E-state index in [9.17, 15) is 9.90 Å². The van der Waals surface area contributed by atoms with Gasteiger partial charge in [-0.3, -0.25) is 9.36 Å². The van der Waals surface area contributed by atoms with E-state index in [1.807, 2.05) is 60.7 Å². The van der Waals surface area contributed by atoms with Gasteiger partial charge in [0.05, 0.1) is 12.7 Å². The fourth-order valence-electron chi connectivity index (χ4n) is 2.33. The maximum atomic E-state index is 12.3. The molecule has 0 saturated carbocycles. The van der Waals surface area contributed by atoms with Crippen LogP contribution in [0.3, 0.4) is 0 Å². The highest BCUT2D eigenvalue weighted by Gasteiger charge is 2.16. The first-order chi connectivity index (χ1) is 11.2. The van der Waals surface area contributed by atoms with Crippen LogP contribution in [-0.2, 0) is 13.1 Å². The summed E-state index contributed by atoms with van der Waals surface area (Å²) in [6, 6.07) is 19.3. The van der Waals surface area contributed by atoms with Gasteiger partial charge < -0.3 is 10.4 Å². The van der Waals surface area contributed by atoms with E-state index in [2.05, 4.69) is 10.3 Å². The van der Waals surface area contributed by atoms with Gasteiger partial charge >= 0.3 is 0 Å². The third-order valence-electron chi connectivity index (χ3n) is 3.52. The van der Waals surface area contributed by atoms with Crippen LogP contribution in [0.5, 0.6) is 5.88 Å². The molecular formula is C18H17N3O2. The van der Waals surface area contributed by atoms with Crippen LogP contribution in [0.2, 0.25) is 0 Å². The Balaban J connectivity index is 1.73. The number of imidazole rings is 1. The summed E-state index contributed by atoms with van der Waals surface area (Å²) in [6.07, 6.45) is 1.29. The van der Waals surface area contributed by atoms with E-state index in [1.54, 1.807) is 0 Å². The van der Waals surface area contributed by atoms with Gasteiger partial charge in [-0.25, -0.2) is 4.98 Å². The van der Waals surface area contributed by atoms with Crippen molar-refractivity contribution in [2.24, 2.45) is 0 Å². The number of aromatic hydroxyl groups is 1. The second-order valence-electron chi connectivity index (χ2n) is 5.18. The Morgan fingerprint density at radius 2 is 1.61 bits per heavy atom. The Kier molecular flexibility index (Phi) is 4.38. The first-order valence-electron chi connectivity index (χ1n) is 7.34. The molecule has 0 radical (unpaired) electrons. The molecule has 0 spiro atoms. The smallest absolute Gasteiger partial charge is 0.287 e. The van der Waals surface area contributed by atoms with E-state index >= 15 is 0 Å². The summed E-state index contributed by atoms with van der Waals surface area (Å²) in [7, 11) is 0. The number of nitrogens with zero attached hydrogens (tertiary/aromatic N) is 2. The molecule has 2 N–H and O–H groups in total. The zero-order valence-corrected chi connectivity index (χ0v) is 12.5. The van der Waals surface area contributed by atoms with Crippen LogP contribution in [0.4, 0.5) is 0 Å². The van der Waals surface area contributed by atoms with E-state index in [4.69, 9.17) is 0 Å². The minimum Gasteiger partial charge on any atom is -0.493 e. The average Bonchev–Trinajstić information content (AvgIpc) is 2.95. The minimum absolute atomic E-state index is 0.0290. The van der Waals surface area contributed by atoms with Crippen molar-refractivity contribution < 1.29 is 9.90 Å². The molecule has 0 bridgehead atoms. The summed E-state index contributed by atoms with van der Waals surface area (Å²) in [5.74, 6) is -0.147. The maximum Gasteiger partial charge on any atom is 0.287 e. The summed E-state index contributed by atoms with van der Waals surface area (Å²) in [6.45, 7) is 0.805. The number of rotatable bonds is 5. The first kappa shape index (κ1) is 14.8. The molecule has 0 aliphatic rings. The van der Waals surface area contributed by atoms with Crippen molar-refractivity contribution in [1.82, 2.24) is 14.9 Å². The van der Waals surface area contributed by atoms with Crippen molar-refractivity contribution in [2.45, 2.75) is 13.1 Å². The van der Waals surface area contributed by atoms with Crippen LogP contribution >= 0.6 is 0 Å². The second kappa shape index (κ2) is 6.79. The zero-order chi connectivity index (χ0) is 16.1. The average molecular weight is 307 g/mol. The number of carbonyl (C=O) groups excluding carboxylic acids is 1. The van der Waals surface area contributed by atoms with Crippen molar-refractivity contribution in [3.8, 4) is 5.88 Å². The molecule has 5 heteroatoms. The molecule has 0 atom stereocenters. The Hall–Kier alpha value is -3.08. The molecule has 1 heterocycles. The molecule has 23 heavy (non-hydrogen) atoms. The lowest BCUT2D eigenvalue weighted by Crippen LogP contribution is -2.26. The lowest BCUT2D eigenvalue weighted by atomic mass is 10.2. The molecule has 116 valence electrons. The number of carbonyl (C=O) groups is 1. The van der Waals surface area contributed by atoms with E-state index in [0.717, 1.165) is 11.1 Å². The highest BCUT2D eigenvalue weighted by atomic mass is 16.3. The molecule has 2 aromatic carbocycles. The Morgan fingerprint density at radius 1 is 1.00 bits per heavy atom. The van der Waals surface area contributed by atoms with E-state index in [0.29, 0.717) is 13.1 Å². The number of benzene rings is 2. The van der Waals surface area contributed by atoms with Crippen LogP contribution < -0.4 is 5.32 Å². The minimum atomic E-state index is -0.315. The van der Waals surface area contributed by atoms with E-state index in [1.165, 1.54) is 10.8 Å². The Bertz CT molecular complexity index is 783. The summed E-state index contributed by atoms with van der Waals surface area (Å²) in [5.41, 5.74) is 1.99. The molecule has 1 amide bonds. The fourth-order valence-corrected chi connectivity index (χ4v) is 2.33. The first-order valence-corrected chi connectivity index (χ1v) is 7.34. The van der Waals surface area contributed by atoms with Crippen LogP contribution in [0, 0.1) is 0 Å².